The Morgan fingerprint density at radius 1 is 1.44 bits per heavy atom. The zero-order valence-electron chi connectivity index (χ0n) is 11.7. The van der Waals surface area contributed by atoms with E-state index in [-0.39, 0.29) is 0 Å². The van der Waals surface area contributed by atoms with Gasteiger partial charge < -0.3 is 10.2 Å². The van der Waals surface area contributed by atoms with Gasteiger partial charge in [0.15, 0.2) is 0 Å². The number of nitrogens with zero attached hydrogens (tertiary/aromatic N) is 3. The minimum absolute atomic E-state index is 0.461. The predicted molar refractivity (Wildman–Crippen MR) is 74.9 cm³/mol. The average Bonchev–Trinajstić information content (AvgIpc) is 2.37. The van der Waals surface area contributed by atoms with Crippen molar-refractivity contribution in [3.05, 3.63) is 18.1 Å². The van der Waals surface area contributed by atoms with Crippen LogP contribution in [0.4, 0.5) is 5.82 Å². The van der Waals surface area contributed by atoms with E-state index < -0.39 is 0 Å². The maximum Gasteiger partial charge on any atom is 0.132 e. The molecule has 0 spiro atoms. The molecule has 18 heavy (non-hydrogen) atoms. The van der Waals surface area contributed by atoms with Crippen LogP contribution in [-0.2, 0) is 0 Å². The van der Waals surface area contributed by atoms with Crippen molar-refractivity contribution in [2.24, 2.45) is 0 Å². The fourth-order valence-electron chi connectivity index (χ4n) is 2.49. The Hall–Kier alpha value is -1.16. The van der Waals surface area contributed by atoms with E-state index in [1.165, 1.54) is 19.3 Å². The molecule has 2 rings (SSSR count). The van der Waals surface area contributed by atoms with Gasteiger partial charge in [0.05, 0.1) is 0 Å². The molecule has 1 unspecified atom stereocenters. The normalized spacial score (nSPS) is 20.1. The van der Waals surface area contributed by atoms with Crippen molar-refractivity contribution >= 4 is 5.82 Å². The van der Waals surface area contributed by atoms with E-state index in [2.05, 4.69) is 34.0 Å². The van der Waals surface area contributed by atoms with Gasteiger partial charge in [-0.25, -0.2) is 9.97 Å². The molecule has 4 heteroatoms. The highest BCUT2D eigenvalue weighted by molar-refractivity contribution is 5.38. The van der Waals surface area contributed by atoms with Crippen LogP contribution in [0, 0.1) is 6.92 Å². The number of piperidine rings is 1. The molecule has 0 aromatic carbocycles. The summed E-state index contributed by atoms with van der Waals surface area (Å²) in [5, 5.41) is 3.60. The molecule has 1 saturated heterocycles. The first-order valence-electron chi connectivity index (χ1n) is 6.96. The zero-order chi connectivity index (χ0) is 13.0. The molecule has 1 atom stereocenters. The number of nitrogens with one attached hydrogen (secondary N) is 1. The molecular formula is C14H24N4. The van der Waals surface area contributed by atoms with E-state index in [1.807, 2.05) is 19.2 Å². The van der Waals surface area contributed by atoms with Crippen LogP contribution in [0.15, 0.2) is 12.3 Å². The van der Waals surface area contributed by atoms with Crippen LogP contribution in [0.25, 0.3) is 0 Å². The van der Waals surface area contributed by atoms with Gasteiger partial charge in [-0.15, -0.1) is 0 Å². The first-order valence-corrected chi connectivity index (χ1v) is 6.96. The van der Waals surface area contributed by atoms with Crippen LogP contribution >= 0.6 is 0 Å². The second kappa shape index (κ2) is 6.14. The summed E-state index contributed by atoms with van der Waals surface area (Å²) in [6.45, 7) is 8.58. The van der Waals surface area contributed by atoms with Gasteiger partial charge in [0.1, 0.15) is 11.6 Å². The summed E-state index contributed by atoms with van der Waals surface area (Å²) in [4.78, 5) is 11.1. The second-order valence-electron chi connectivity index (χ2n) is 5.35. The molecular weight excluding hydrogens is 224 g/mol. The van der Waals surface area contributed by atoms with Crippen LogP contribution in [-0.4, -0.2) is 35.1 Å². The predicted octanol–water partition coefficient (Wildman–Crippen LogP) is 2.14. The molecule has 0 amide bonds. The first-order chi connectivity index (χ1) is 8.66. The van der Waals surface area contributed by atoms with E-state index in [1.54, 1.807) is 0 Å². The van der Waals surface area contributed by atoms with E-state index in [0.29, 0.717) is 12.1 Å². The largest absolute Gasteiger partial charge is 0.353 e. The Morgan fingerprint density at radius 3 is 2.89 bits per heavy atom. The van der Waals surface area contributed by atoms with Gasteiger partial charge in [-0.1, -0.05) is 6.42 Å². The van der Waals surface area contributed by atoms with Crippen LogP contribution in [0.2, 0.25) is 0 Å². The molecule has 0 aliphatic carbocycles. The van der Waals surface area contributed by atoms with Crippen molar-refractivity contribution in [1.29, 1.82) is 0 Å². The van der Waals surface area contributed by atoms with Crippen molar-refractivity contribution in [3.8, 4) is 0 Å². The van der Waals surface area contributed by atoms with Crippen LogP contribution in [0.1, 0.15) is 38.9 Å². The van der Waals surface area contributed by atoms with E-state index in [4.69, 9.17) is 0 Å². The number of aromatic nitrogens is 2. The minimum atomic E-state index is 0.461. The zero-order valence-corrected chi connectivity index (χ0v) is 11.7. The molecule has 1 aliphatic rings. The number of hydrogen-bond donors (Lipinski definition) is 1. The molecule has 1 fully saturated rings. The van der Waals surface area contributed by atoms with Gasteiger partial charge >= 0.3 is 0 Å². The standard InChI is InChI=1S/C14H24N4/c1-11(2)18(10-13-6-4-5-8-16-13)14-7-9-15-12(3)17-14/h7,9,11,13,16H,4-6,8,10H2,1-3H3. The number of rotatable bonds is 4. The highest BCUT2D eigenvalue weighted by Gasteiger charge is 2.19. The molecule has 1 aromatic rings. The number of anilines is 1. The van der Waals surface area contributed by atoms with Crippen molar-refractivity contribution in [3.63, 3.8) is 0 Å². The van der Waals surface area contributed by atoms with Gasteiger partial charge in [0, 0.05) is 24.8 Å². The summed E-state index contributed by atoms with van der Waals surface area (Å²) in [5.41, 5.74) is 0. The maximum absolute atomic E-state index is 4.55. The lowest BCUT2D eigenvalue weighted by Gasteiger charge is -2.34. The molecule has 1 N–H and O–H groups in total. The first kappa shape index (κ1) is 13.3. The molecule has 2 heterocycles. The maximum atomic E-state index is 4.55. The van der Waals surface area contributed by atoms with Gasteiger partial charge in [-0.05, 0) is 46.2 Å². The molecule has 4 nitrogen and oxygen atoms in total. The van der Waals surface area contributed by atoms with Gasteiger partial charge in [-0.2, -0.15) is 0 Å². The van der Waals surface area contributed by atoms with Crippen molar-refractivity contribution in [2.45, 2.75) is 52.1 Å². The third kappa shape index (κ3) is 3.42. The summed E-state index contributed by atoms with van der Waals surface area (Å²) in [7, 11) is 0. The minimum Gasteiger partial charge on any atom is -0.353 e. The fourth-order valence-corrected chi connectivity index (χ4v) is 2.49. The molecule has 0 bridgehead atoms. The molecule has 100 valence electrons. The second-order valence-corrected chi connectivity index (χ2v) is 5.35. The summed E-state index contributed by atoms with van der Waals surface area (Å²) in [6, 6.07) is 3.06. The smallest absolute Gasteiger partial charge is 0.132 e. The molecule has 0 saturated carbocycles. The lowest BCUT2D eigenvalue weighted by molar-refractivity contribution is 0.392. The van der Waals surface area contributed by atoms with Gasteiger partial charge in [0.25, 0.3) is 0 Å². The van der Waals surface area contributed by atoms with E-state index in [9.17, 15) is 0 Å². The van der Waals surface area contributed by atoms with E-state index in [0.717, 1.165) is 24.7 Å². The average molecular weight is 248 g/mol. The van der Waals surface area contributed by atoms with Gasteiger partial charge in [0.2, 0.25) is 0 Å². The van der Waals surface area contributed by atoms with Crippen molar-refractivity contribution in [2.75, 3.05) is 18.0 Å². The summed E-state index contributed by atoms with van der Waals surface area (Å²) >= 11 is 0. The molecule has 1 aromatic heterocycles. The lowest BCUT2D eigenvalue weighted by Crippen LogP contribution is -2.46. The van der Waals surface area contributed by atoms with Crippen LogP contribution in [0.3, 0.4) is 0 Å². The van der Waals surface area contributed by atoms with Gasteiger partial charge in [-0.3, -0.25) is 0 Å². The Bertz CT molecular complexity index is 372. The van der Waals surface area contributed by atoms with Crippen LogP contribution in [0.5, 0.6) is 0 Å². The Labute approximate surface area is 110 Å². The monoisotopic (exact) mass is 248 g/mol. The topological polar surface area (TPSA) is 41.1 Å². The highest BCUT2D eigenvalue weighted by atomic mass is 15.2. The number of hydrogen-bond acceptors (Lipinski definition) is 4. The molecule has 0 radical (unpaired) electrons. The Morgan fingerprint density at radius 2 is 2.28 bits per heavy atom. The Kier molecular flexibility index (Phi) is 4.53. The van der Waals surface area contributed by atoms with Crippen molar-refractivity contribution < 1.29 is 0 Å². The van der Waals surface area contributed by atoms with Crippen LogP contribution < -0.4 is 10.2 Å². The third-order valence-corrected chi connectivity index (χ3v) is 3.51. The quantitative estimate of drug-likeness (QED) is 0.886. The molecule has 1 aliphatic heterocycles. The lowest BCUT2D eigenvalue weighted by atomic mass is 10.0. The fraction of sp³-hybridized carbons (Fsp3) is 0.714. The number of aryl methyl sites for hydroxylation is 1. The Balaban J connectivity index is 2.07. The summed E-state index contributed by atoms with van der Waals surface area (Å²) < 4.78 is 0. The summed E-state index contributed by atoms with van der Waals surface area (Å²) in [5.74, 6) is 1.89. The SMILES string of the molecule is Cc1nccc(N(CC2CCCCN2)C(C)C)n1. The summed E-state index contributed by atoms with van der Waals surface area (Å²) in [6.07, 6.45) is 5.77. The van der Waals surface area contributed by atoms with E-state index >= 15 is 0 Å². The third-order valence-electron chi connectivity index (χ3n) is 3.51. The van der Waals surface area contributed by atoms with Crippen molar-refractivity contribution in [1.82, 2.24) is 15.3 Å². The highest BCUT2D eigenvalue weighted by Crippen LogP contribution is 2.17.